The quantitative estimate of drug-likeness (QED) is 0.725. The predicted octanol–water partition coefficient (Wildman–Crippen LogP) is 0.912. The Bertz CT molecular complexity index is 396. The van der Waals surface area contributed by atoms with Crippen LogP contribution >= 0.6 is 0 Å². The Morgan fingerprint density at radius 3 is 2.53 bits per heavy atom. The number of β-amino-alcohol motifs (C(OH)–C–C–N with tert-alkyl or cyclic N) is 1. The van der Waals surface area contributed by atoms with E-state index < -0.39 is 5.60 Å². The van der Waals surface area contributed by atoms with Gasteiger partial charge in [-0.05, 0) is 24.1 Å². The summed E-state index contributed by atoms with van der Waals surface area (Å²) in [7, 11) is 0. The van der Waals surface area contributed by atoms with Crippen LogP contribution in [0.2, 0.25) is 0 Å². The molecule has 1 amide bonds. The minimum atomic E-state index is -0.854. The van der Waals surface area contributed by atoms with Gasteiger partial charge >= 0.3 is 0 Å². The molecule has 1 fully saturated rings. The van der Waals surface area contributed by atoms with Gasteiger partial charge in [0.05, 0.1) is 12.0 Å². The SMILES string of the molecule is CCc1ccc(NC(=O)CC2(O)CNC2)cc1. The highest BCUT2D eigenvalue weighted by Gasteiger charge is 2.36. The highest BCUT2D eigenvalue weighted by atomic mass is 16.3. The van der Waals surface area contributed by atoms with E-state index in [9.17, 15) is 9.90 Å². The second-order valence-corrected chi connectivity index (χ2v) is 4.60. The number of rotatable bonds is 4. The third-order valence-electron chi connectivity index (χ3n) is 3.04. The predicted molar refractivity (Wildman–Crippen MR) is 66.9 cm³/mol. The molecule has 0 atom stereocenters. The maximum Gasteiger partial charge on any atom is 0.227 e. The maximum atomic E-state index is 11.7. The van der Waals surface area contributed by atoms with Crippen LogP contribution in [0.5, 0.6) is 0 Å². The van der Waals surface area contributed by atoms with Crippen molar-refractivity contribution in [2.24, 2.45) is 0 Å². The number of benzene rings is 1. The molecule has 0 spiro atoms. The minimum absolute atomic E-state index is 0.141. The van der Waals surface area contributed by atoms with Crippen LogP contribution < -0.4 is 10.6 Å². The van der Waals surface area contributed by atoms with Crippen LogP contribution in [0, 0.1) is 0 Å². The van der Waals surface area contributed by atoms with Crippen molar-refractivity contribution in [1.82, 2.24) is 5.32 Å². The lowest BCUT2D eigenvalue weighted by Gasteiger charge is -2.36. The van der Waals surface area contributed by atoms with Crippen molar-refractivity contribution in [1.29, 1.82) is 0 Å². The molecule has 4 heteroatoms. The summed E-state index contributed by atoms with van der Waals surface area (Å²) in [6.07, 6.45) is 1.13. The van der Waals surface area contributed by atoms with E-state index >= 15 is 0 Å². The summed E-state index contributed by atoms with van der Waals surface area (Å²) in [6, 6.07) is 7.77. The summed E-state index contributed by atoms with van der Waals surface area (Å²) in [5, 5.41) is 15.6. The molecule has 0 unspecified atom stereocenters. The van der Waals surface area contributed by atoms with E-state index in [1.807, 2.05) is 24.3 Å². The summed E-state index contributed by atoms with van der Waals surface area (Å²) in [6.45, 7) is 3.08. The first kappa shape index (κ1) is 12.1. The third kappa shape index (κ3) is 3.05. The van der Waals surface area contributed by atoms with Crippen molar-refractivity contribution in [3.8, 4) is 0 Å². The van der Waals surface area contributed by atoms with Crippen LogP contribution in [-0.4, -0.2) is 29.7 Å². The van der Waals surface area contributed by atoms with Gasteiger partial charge in [0.15, 0.2) is 0 Å². The summed E-state index contributed by atoms with van der Waals surface area (Å²) in [5.41, 5.74) is 1.17. The Labute approximate surface area is 101 Å². The van der Waals surface area contributed by atoms with Crippen molar-refractivity contribution >= 4 is 11.6 Å². The van der Waals surface area contributed by atoms with Crippen LogP contribution in [0.3, 0.4) is 0 Å². The molecule has 0 aliphatic carbocycles. The van der Waals surface area contributed by atoms with Crippen LogP contribution in [0.1, 0.15) is 18.9 Å². The summed E-state index contributed by atoms with van der Waals surface area (Å²) >= 11 is 0. The Morgan fingerprint density at radius 2 is 2.06 bits per heavy atom. The van der Waals surface area contributed by atoms with E-state index in [1.54, 1.807) is 0 Å². The molecule has 1 saturated heterocycles. The number of hydrogen-bond donors (Lipinski definition) is 3. The number of aryl methyl sites for hydroxylation is 1. The minimum Gasteiger partial charge on any atom is -0.387 e. The van der Waals surface area contributed by atoms with Gasteiger partial charge in [-0.2, -0.15) is 0 Å². The second-order valence-electron chi connectivity index (χ2n) is 4.60. The number of nitrogens with one attached hydrogen (secondary N) is 2. The van der Waals surface area contributed by atoms with Gasteiger partial charge in [-0.3, -0.25) is 4.79 Å². The first-order valence-corrected chi connectivity index (χ1v) is 5.93. The van der Waals surface area contributed by atoms with Crippen molar-refractivity contribution in [3.63, 3.8) is 0 Å². The second kappa shape index (κ2) is 4.85. The van der Waals surface area contributed by atoms with Gasteiger partial charge in [-0.1, -0.05) is 19.1 Å². The van der Waals surface area contributed by atoms with Crippen molar-refractivity contribution < 1.29 is 9.90 Å². The molecule has 1 heterocycles. The summed E-state index contributed by atoms with van der Waals surface area (Å²) in [5.74, 6) is -0.141. The van der Waals surface area contributed by atoms with Gasteiger partial charge in [0.2, 0.25) is 5.91 Å². The molecule has 3 N–H and O–H groups in total. The van der Waals surface area contributed by atoms with Crippen molar-refractivity contribution in [2.75, 3.05) is 18.4 Å². The average molecular weight is 234 g/mol. The number of carbonyl (C=O) groups excluding carboxylic acids is 1. The zero-order valence-corrected chi connectivity index (χ0v) is 9.99. The molecular formula is C13H18N2O2. The number of anilines is 1. The lowest BCUT2D eigenvalue weighted by molar-refractivity contribution is -0.123. The van der Waals surface area contributed by atoms with Crippen LogP contribution in [-0.2, 0) is 11.2 Å². The average Bonchev–Trinajstić information content (AvgIpc) is 2.28. The zero-order chi connectivity index (χ0) is 12.3. The number of amides is 1. The standard InChI is InChI=1S/C13H18N2O2/c1-2-10-3-5-11(6-4-10)15-12(16)7-13(17)8-14-9-13/h3-6,14,17H,2,7-9H2,1H3,(H,15,16). The third-order valence-corrected chi connectivity index (χ3v) is 3.04. The van der Waals surface area contributed by atoms with Gasteiger partial charge in [0.25, 0.3) is 0 Å². The van der Waals surface area contributed by atoms with E-state index in [1.165, 1.54) is 5.56 Å². The van der Waals surface area contributed by atoms with Gasteiger partial charge in [-0.25, -0.2) is 0 Å². The topological polar surface area (TPSA) is 61.4 Å². The summed E-state index contributed by atoms with van der Waals surface area (Å²) in [4.78, 5) is 11.7. The highest BCUT2D eigenvalue weighted by Crippen LogP contribution is 2.17. The van der Waals surface area contributed by atoms with E-state index in [4.69, 9.17) is 0 Å². The molecule has 92 valence electrons. The largest absolute Gasteiger partial charge is 0.387 e. The highest BCUT2D eigenvalue weighted by molar-refractivity contribution is 5.91. The Hall–Kier alpha value is -1.39. The molecule has 1 aliphatic heterocycles. The molecule has 0 bridgehead atoms. The fourth-order valence-corrected chi connectivity index (χ4v) is 1.87. The van der Waals surface area contributed by atoms with Crippen LogP contribution in [0.25, 0.3) is 0 Å². The van der Waals surface area contributed by atoms with Gasteiger partial charge in [0.1, 0.15) is 0 Å². The molecule has 4 nitrogen and oxygen atoms in total. The van der Waals surface area contributed by atoms with Gasteiger partial charge in [0, 0.05) is 18.8 Å². The van der Waals surface area contributed by atoms with Crippen molar-refractivity contribution in [2.45, 2.75) is 25.4 Å². The number of carbonyl (C=O) groups is 1. The smallest absolute Gasteiger partial charge is 0.227 e. The number of aliphatic hydroxyl groups is 1. The Morgan fingerprint density at radius 1 is 1.41 bits per heavy atom. The van der Waals surface area contributed by atoms with Crippen LogP contribution in [0.4, 0.5) is 5.69 Å². The van der Waals surface area contributed by atoms with Crippen LogP contribution in [0.15, 0.2) is 24.3 Å². The molecule has 2 rings (SSSR count). The van der Waals surface area contributed by atoms with Gasteiger partial charge < -0.3 is 15.7 Å². The maximum absolute atomic E-state index is 11.7. The monoisotopic (exact) mass is 234 g/mol. The Kier molecular flexibility index (Phi) is 3.45. The van der Waals surface area contributed by atoms with Gasteiger partial charge in [-0.15, -0.1) is 0 Å². The molecule has 1 aliphatic rings. The molecule has 0 aromatic heterocycles. The lowest BCUT2D eigenvalue weighted by Crippen LogP contribution is -2.60. The molecule has 0 saturated carbocycles. The van der Waals surface area contributed by atoms with E-state index in [-0.39, 0.29) is 12.3 Å². The fourth-order valence-electron chi connectivity index (χ4n) is 1.87. The Balaban J connectivity index is 1.89. The molecular weight excluding hydrogens is 216 g/mol. The first-order chi connectivity index (χ1) is 8.11. The summed E-state index contributed by atoms with van der Waals surface area (Å²) < 4.78 is 0. The zero-order valence-electron chi connectivity index (χ0n) is 9.99. The molecule has 0 radical (unpaired) electrons. The first-order valence-electron chi connectivity index (χ1n) is 5.93. The van der Waals surface area contributed by atoms with E-state index in [0.717, 1.165) is 12.1 Å². The molecule has 1 aromatic rings. The van der Waals surface area contributed by atoms with E-state index in [2.05, 4.69) is 17.6 Å². The number of hydrogen-bond acceptors (Lipinski definition) is 3. The van der Waals surface area contributed by atoms with E-state index in [0.29, 0.717) is 13.1 Å². The molecule has 17 heavy (non-hydrogen) atoms. The van der Waals surface area contributed by atoms with Crippen molar-refractivity contribution in [3.05, 3.63) is 29.8 Å². The normalized spacial score (nSPS) is 17.3. The fraction of sp³-hybridized carbons (Fsp3) is 0.462. The molecule has 1 aromatic carbocycles. The lowest BCUT2D eigenvalue weighted by atomic mass is 9.93.